The highest BCUT2D eigenvalue weighted by atomic mass is 32.1. The van der Waals surface area contributed by atoms with Gasteiger partial charge in [0.15, 0.2) is 0 Å². The number of hydrogen-bond acceptors (Lipinski definition) is 1. The molecule has 0 radical (unpaired) electrons. The van der Waals surface area contributed by atoms with Crippen LogP contribution in [0.1, 0.15) is 0 Å². The summed E-state index contributed by atoms with van der Waals surface area (Å²) in [5.74, 6) is 0. The average Bonchev–Trinajstić information content (AvgIpc) is 3.36. The summed E-state index contributed by atoms with van der Waals surface area (Å²) in [7, 11) is 0. The molecule has 8 aromatic rings. The van der Waals surface area contributed by atoms with Gasteiger partial charge in [-0.2, -0.15) is 0 Å². The molecule has 0 fully saturated rings. The van der Waals surface area contributed by atoms with Gasteiger partial charge in [-0.15, -0.1) is 11.3 Å². The maximum absolute atomic E-state index is 2.32. The summed E-state index contributed by atoms with van der Waals surface area (Å²) in [6.45, 7) is 0. The lowest BCUT2D eigenvalue weighted by molar-refractivity contribution is 1.67. The molecule has 0 aliphatic carbocycles. The van der Waals surface area contributed by atoms with Crippen LogP contribution < -0.4 is 0 Å². The van der Waals surface area contributed by atoms with Gasteiger partial charge in [0.1, 0.15) is 0 Å². The number of thiophene rings is 1. The molecule has 0 aliphatic rings. The van der Waals surface area contributed by atoms with Gasteiger partial charge in [-0.3, -0.25) is 0 Å². The Bertz CT molecular complexity index is 2070. The fourth-order valence-electron chi connectivity index (χ4n) is 6.10. The van der Waals surface area contributed by atoms with Crippen LogP contribution in [0.3, 0.4) is 0 Å². The van der Waals surface area contributed by atoms with E-state index in [1.807, 2.05) is 11.3 Å². The Morgan fingerprint density at radius 1 is 0.378 bits per heavy atom. The molecule has 0 saturated heterocycles. The van der Waals surface area contributed by atoms with Gasteiger partial charge in [0, 0.05) is 20.2 Å². The Morgan fingerprint density at radius 3 is 1.68 bits per heavy atom. The lowest BCUT2D eigenvalue weighted by atomic mass is 9.85. The average molecular weight is 487 g/mol. The molecule has 0 spiro atoms. The molecular formula is C36H22S. The van der Waals surface area contributed by atoms with Crippen LogP contribution in [-0.4, -0.2) is 0 Å². The Morgan fingerprint density at radius 2 is 0.973 bits per heavy atom. The smallest absolute Gasteiger partial charge is 0.0434 e. The summed E-state index contributed by atoms with van der Waals surface area (Å²) in [6, 6.07) is 48.8. The zero-order valence-electron chi connectivity index (χ0n) is 20.1. The van der Waals surface area contributed by atoms with Crippen LogP contribution in [0.4, 0.5) is 0 Å². The van der Waals surface area contributed by atoms with E-state index in [0.717, 1.165) is 0 Å². The summed E-state index contributed by atoms with van der Waals surface area (Å²) in [5.41, 5.74) is 5.20. The first kappa shape index (κ1) is 20.7. The second-order valence-corrected chi connectivity index (χ2v) is 10.7. The van der Waals surface area contributed by atoms with E-state index in [9.17, 15) is 0 Å². The third-order valence-electron chi connectivity index (χ3n) is 7.65. The fourth-order valence-corrected chi connectivity index (χ4v) is 7.36. The lowest BCUT2D eigenvalue weighted by Gasteiger charge is -2.18. The third kappa shape index (κ3) is 3.02. The predicted molar refractivity (Wildman–Crippen MR) is 163 cm³/mol. The first-order chi connectivity index (χ1) is 18.4. The molecule has 37 heavy (non-hydrogen) atoms. The van der Waals surface area contributed by atoms with Gasteiger partial charge in [-0.25, -0.2) is 0 Å². The minimum Gasteiger partial charge on any atom is -0.135 e. The topological polar surface area (TPSA) is 0 Å². The van der Waals surface area contributed by atoms with Crippen LogP contribution in [0.2, 0.25) is 0 Å². The van der Waals surface area contributed by atoms with E-state index in [1.54, 1.807) is 0 Å². The molecule has 0 unspecified atom stereocenters. The molecule has 0 bridgehead atoms. The van der Waals surface area contributed by atoms with Crippen molar-refractivity contribution < 1.29 is 0 Å². The van der Waals surface area contributed by atoms with Gasteiger partial charge in [0.05, 0.1) is 0 Å². The third-order valence-corrected chi connectivity index (χ3v) is 8.85. The first-order valence-corrected chi connectivity index (χ1v) is 13.5. The van der Waals surface area contributed by atoms with Gasteiger partial charge in [0.25, 0.3) is 0 Å². The summed E-state index contributed by atoms with van der Waals surface area (Å²) in [5, 5.41) is 10.5. The van der Waals surface area contributed by atoms with E-state index in [0.29, 0.717) is 0 Å². The van der Waals surface area contributed by atoms with Crippen LogP contribution in [0.5, 0.6) is 0 Å². The SMILES string of the molecule is c1ccc(-c2c3ccccc3c(-c3cccc4sc5c6ccccc6ccc5c34)c3ccccc23)cc1. The standard InChI is InChI=1S/C36H22S/c1-2-12-24(13-3-1)33-26-15-6-8-17-28(26)34(29-18-9-7-16-27(29)33)30-19-10-20-32-35(30)31-22-21-23-11-4-5-14-25(23)36(31)37-32/h1-22H. The minimum atomic E-state index is 1.26. The van der Waals surface area contributed by atoms with Crippen molar-refractivity contribution >= 4 is 63.8 Å². The summed E-state index contributed by atoms with van der Waals surface area (Å²) < 4.78 is 2.71. The Hall–Kier alpha value is -4.46. The van der Waals surface area contributed by atoms with E-state index < -0.39 is 0 Å². The van der Waals surface area contributed by atoms with Crippen molar-refractivity contribution in [3.8, 4) is 22.3 Å². The van der Waals surface area contributed by atoms with E-state index >= 15 is 0 Å². The summed E-state index contributed by atoms with van der Waals surface area (Å²) in [6.07, 6.45) is 0. The number of fused-ring (bicyclic) bond motifs is 7. The first-order valence-electron chi connectivity index (χ1n) is 12.7. The molecule has 0 N–H and O–H groups in total. The van der Waals surface area contributed by atoms with Crippen LogP contribution in [0, 0.1) is 0 Å². The van der Waals surface area contributed by atoms with Crippen molar-refractivity contribution in [1.82, 2.24) is 0 Å². The Kier molecular flexibility index (Phi) is 4.49. The normalized spacial score (nSPS) is 11.8. The van der Waals surface area contributed by atoms with E-state index in [4.69, 9.17) is 0 Å². The zero-order chi connectivity index (χ0) is 24.3. The number of benzene rings is 7. The van der Waals surface area contributed by atoms with Crippen molar-refractivity contribution in [3.05, 3.63) is 133 Å². The van der Waals surface area contributed by atoms with Gasteiger partial charge in [-0.1, -0.05) is 127 Å². The molecule has 8 rings (SSSR count). The molecule has 1 heterocycles. The molecule has 172 valence electrons. The highest BCUT2D eigenvalue weighted by molar-refractivity contribution is 7.26. The molecule has 7 aromatic carbocycles. The molecule has 0 nitrogen and oxygen atoms in total. The second kappa shape index (κ2) is 8.03. The van der Waals surface area contributed by atoms with Crippen molar-refractivity contribution in [3.63, 3.8) is 0 Å². The minimum absolute atomic E-state index is 1.26. The van der Waals surface area contributed by atoms with Crippen molar-refractivity contribution in [2.75, 3.05) is 0 Å². The molecule has 0 amide bonds. The van der Waals surface area contributed by atoms with Gasteiger partial charge in [-0.05, 0) is 60.6 Å². The molecule has 0 atom stereocenters. The molecule has 0 saturated carbocycles. The van der Waals surface area contributed by atoms with Crippen LogP contribution >= 0.6 is 11.3 Å². The Balaban J connectivity index is 1.57. The van der Waals surface area contributed by atoms with Crippen molar-refractivity contribution in [1.29, 1.82) is 0 Å². The maximum Gasteiger partial charge on any atom is 0.0434 e. The predicted octanol–water partition coefficient (Wildman–Crippen LogP) is 10.8. The van der Waals surface area contributed by atoms with Gasteiger partial charge >= 0.3 is 0 Å². The maximum atomic E-state index is 2.32. The van der Waals surface area contributed by atoms with Crippen molar-refractivity contribution in [2.24, 2.45) is 0 Å². The monoisotopic (exact) mass is 486 g/mol. The van der Waals surface area contributed by atoms with Crippen LogP contribution in [0.15, 0.2) is 133 Å². The van der Waals surface area contributed by atoms with E-state index in [1.165, 1.54) is 74.7 Å². The number of rotatable bonds is 2. The molecular weight excluding hydrogens is 464 g/mol. The largest absolute Gasteiger partial charge is 0.135 e. The van der Waals surface area contributed by atoms with Crippen LogP contribution in [0.25, 0.3) is 74.7 Å². The van der Waals surface area contributed by atoms with Gasteiger partial charge in [0.2, 0.25) is 0 Å². The molecule has 1 heteroatoms. The van der Waals surface area contributed by atoms with Crippen molar-refractivity contribution in [2.45, 2.75) is 0 Å². The molecule has 0 aliphatic heterocycles. The fraction of sp³-hybridized carbons (Fsp3) is 0. The summed E-state index contributed by atoms with van der Waals surface area (Å²) >= 11 is 1.91. The Labute approximate surface area is 219 Å². The van der Waals surface area contributed by atoms with E-state index in [-0.39, 0.29) is 0 Å². The highest BCUT2D eigenvalue weighted by Gasteiger charge is 2.19. The zero-order valence-corrected chi connectivity index (χ0v) is 20.9. The van der Waals surface area contributed by atoms with Crippen LogP contribution in [-0.2, 0) is 0 Å². The molecule has 1 aromatic heterocycles. The second-order valence-electron chi connectivity index (χ2n) is 9.65. The number of hydrogen-bond donors (Lipinski definition) is 0. The van der Waals surface area contributed by atoms with E-state index in [2.05, 4.69) is 133 Å². The summed E-state index contributed by atoms with van der Waals surface area (Å²) in [4.78, 5) is 0. The lowest BCUT2D eigenvalue weighted by Crippen LogP contribution is -1.91. The quantitative estimate of drug-likeness (QED) is 0.213. The van der Waals surface area contributed by atoms with Gasteiger partial charge < -0.3 is 0 Å². The highest BCUT2D eigenvalue weighted by Crippen LogP contribution is 2.48.